The smallest absolute Gasteiger partial charge is 0.188 e. The maximum Gasteiger partial charge on any atom is 0.188 e. The molecule has 1 fully saturated rings. The second-order valence-corrected chi connectivity index (χ2v) is 9.88. The van der Waals surface area contributed by atoms with Gasteiger partial charge in [-0.3, -0.25) is 4.98 Å². The Balaban J connectivity index is 1.51. The molecule has 9 nitrogen and oxygen atoms in total. The van der Waals surface area contributed by atoms with Crippen LogP contribution in [0.25, 0.3) is 22.3 Å². The minimum atomic E-state index is -0.458. The van der Waals surface area contributed by atoms with Crippen LogP contribution in [0.2, 0.25) is 0 Å². The van der Waals surface area contributed by atoms with Gasteiger partial charge in [-0.25, -0.2) is 14.1 Å². The molecule has 0 spiro atoms. The fraction of sp³-hybridized carbons (Fsp3) is 0.414. The van der Waals surface area contributed by atoms with E-state index >= 15 is 4.39 Å². The van der Waals surface area contributed by atoms with Crippen molar-refractivity contribution >= 4 is 22.4 Å². The van der Waals surface area contributed by atoms with Gasteiger partial charge in [0.25, 0.3) is 0 Å². The number of hydrogen-bond donors (Lipinski definition) is 1. The van der Waals surface area contributed by atoms with Crippen LogP contribution in [0.5, 0.6) is 11.5 Å². The summed E-state index contributed by atoms with van der Waals surface area (Å²) >= 11 is 0. The fourth-order valence-electron chi connectivity index (χ4n) is 4.74. The Hall–Kier alpha value is -3.76. The van der Waals surface area contributed by atoms with E-state index in [1.807, 2.05) is 34.0 Å². The number of methoxy groups -OCH3 is 2. The molecule has 10 heteroatoms. The first-order valence-corrected chi connectivity index (χ1v) is 13.3. The molecule has 0 amide bonds. The molecule has 4 aromatic rings. The third kappa shape index (κ3) is 5.97. The number of rotatable bonds is 10. The Kier molecular flexibility index (Phi) is 8.23. The standard InChI is InChI=1S/C29H35FN6O3/c1-19(2)31-10-11-35(26-14-22(37-3)15-27(38-4)29(26)30)21-8-9-23-24(13-21)34-25(17-32-23)20-16-33-36(18-20)28-7-5-6-12-39-28/h8-9,13-19,28,31H,5-7,10-12H2,1-4H3. The van der Waals surface area contributed by atoms with Crippen LogP contribution in [0.15, 0.2) is 48.9 Å². The highest BCUT2D eigenvalue weighted by Crippen LogP contribution is 2.37. The number of hydrogen-bond acceptors (Lipinski definition) is 8. The van der Waals surface area contributed by atoms with Crippen LogP contribution in [-0.4, -0.2) is 59.7 Å². The maximum atomic E-state index is 15.6. The van der Waals surface area contributed by atoms with E-state index in [0.29, 0.717) is 41.8 Å². The highest BCUT2D eigenvalue weighted by molar-refractivity contribution is 5.83. The molecular weight excluding hydrogens is 499 g/mol. The lowest BCUT2D eigenvalue weighted by molar-refractivity contribution is -0.0394. The zero-order valence-electron chi connectivity index (χ0n) is 22.9. The molecule has 0 bridgehead atoms. The molecule has 206 valence electrons. The van der Waals surface area contributed by atoms with Gasteiger partial charge in [-0.1, -0.05) is 13.8 Å². The first-order valence-electron chi connectivity index (χ1n) is 13.3. The van der Waals surface area contributed by atoms with E-state index in [1.165, 1.54) is 7.11 Å². The van der Waals surface area contributed by atoms with E-state index in [9.17, 15) is 0 Å². The fourth-order valence-corrected chi connectivity index (χ4v) is 4.74. The van der Waals surface area contributed by atoms with E-state index < -0.39 is 5.82 Å². The number of benzene rings is 2. The van der Waals surface area contributed by atoms with Gasteiger partial charge in [-0.15, -0.1) is 0 Å². The molecule has 1 saturated heterocycles. The molecule has 2 aromatic carbocycles. The first kappa shape index (κ1) is 26.8. The Bertz CT molecular complexity index is 1420. The molecule has 39 heavy (non-hydrogen) atoms. The Morgan fingerprint density at radius 2 is 2.00 bits per heavy atom. The second-order valence-electron chi connectivity index (χ2n) is 9.88. The molecule has 2 aromatic heterocycles. The summed E-state index contributed by atoms with van der Waals surface area (Å²) in [6.45, 7) is 6.06. The van der Waals surface area contributed by atoms with Gasteiger partial charge in [-0.05, 0) is 37.5 Å². The molecular formula is C29H35FN6O3. The quantitative estimate of drug-likeness (QED) is 0.286. The SMILES string of the molecule is COc1cc(OC)c(F)c(N(CCNC(C)C)c2ccc3ncc(-c4cnn(C5CCCCO5)c4)nc3c2)c1. The van der Waals surface area contributed by atoms with E-state index in [2.05, 4.69) is 29.2 Å². The van der Waals surface area contributed by atoms with Crippen molar-refractivity contribution in [2.45, 2.75) is 45.4 Å². The van der Waals surface area contributed by atoms with Gasteiger partial charge < -0.3 is 24.4 Å². The van der Waals surface area contributed by atoms with Gasteiger partial charge in [0.05, 0.1) is 49.0 Å². The molecule has 0 radical (unpaired) electrons. The van der Waals surface area contributed by atoms with Crippen molar-refractivity contribution in [1.29, 1.82) is 0 Å². The van der Waals surface area contributed by atoms with Gasteiger partial charge >= 0.3 is 0 Å². The summed E-state index contributed by atoms with van der Waals surface area (Å²) in [6, 6.07) is 9.28. The zero-order valence-corrected chi connectivity index (χ0v) is 22.9. The minimum Gasteiger partial charge on any atom is -0.497 e. The number of ether oxygens (including phenoxy) is 3. The van der Waals surface area contributed by atoms with Crippen LogP contribution in [-0.2, 0) is 4.74 Å². The molecule has 0 saturated carbocycles. The topological polar surface area (TPSA) is 86.6 Å². The van der Waals surface area contributed by atoms with Crippen molar-refractivity contribution in [2.24, 2.45) is 0 Å². The molecule has 3 heterocycles. The second kappa shape index (κ2) is 12.0. The normalized spacial score (nSPS) is 15.6. The van der Waals surface area contributed by atoms with Crippen LogP contribution < -0.4 is 19.7 Å². The number of aromatic nitrogens is 4. The third-order valence-electron chi connectivity index (χ3n) is 6.81. The van der Waals surface area contributed by atoms with Crippen LogP contribution in [0.4, 0.5) is 15.8 Å². The maximum absolute atomic E-state index is 15.6. The summed E-state index contributed by atoms with van der Waals surface area (Å²) in [7, 11) is 3.00. The summed E-state index contributed by atoms with van der Waals surface area (Å²) in [5, 5.41) is 7.93. The van der Waals surface area contributed by atoms with Gasteiger partial charge in [0.1, 0.15) is 12.0 Å². The van der Waals surface area contributed by atoms with Crippen molar-refractivity contribution in [1.82, 2.24) is 25.1 Å². The van der Waals surface area contributed by atoms with Gasteiger partial charge in [0.2, 0.25) is 0 Å². The van der Waals surface area contributed by atoms with E-state index in [-0.39, 0.29) is 12.0 Å². The van der Waals surface area contributed by atoms with Crippen LogP contribution in [0.1, 0.15) is 39.3 Å². The summed E-state index contributed by atoms with van der Waals surface area (Å²) in [5.74, 6) is 0.167. The van der Waals surface area contributed by atoms with Crippen molar-refractivity contribution in [3.8, 4) is 22.8 Å². The largest absolute Gasteiger partial charge is 0.497 e. The average molecular weight is 535 g/mol. The third-order valence-corrected chi connectivity index (χ3v) is 6.81. The lowest BCUT2D eigenvalue weighted by Crippen LogP contribution is -2.33. The molecule has 1 unspecified atom stereocenters. The average Bonchev–Trinajstić information content (AvgIpc) is 3.46. The number of halogens is 1. The zero-order chi connectivity index (χ0) is 27.4. The number of fused-ring (bicyclic) bond motifs is 1. The summed E-state index contributed by atoms with van der Waals surface area (Å²) in [5.41, 5.74) is 4.15. The molecule has 1 atom stereocenters. The van der Waals surface area contributed by atoms with Crippen molar-refractivity contribution < 1.29 is 18.6 Å². The monoisotopic (exact) mass is 534 g/mol. The van der Waals surface area contributed by atoms with E-state index in [0.717, 1.165) is 42.6 Å². The van der Waals surface area contributed by atoms with E-state index in [4.69, 9.17) is 19.2 Å². The minimum absolute atomic E-state index is 0.0460. The van der Waals surface area contributed by atoms with Crippen molar-refractivity contribution in [3.63, 3.8) is 0 Å². The van der Waals surface area contributed by atoms with Gasteiger partial charge in [0, 0.05) is 55.3 Å². The van der Waals surface area contributed by atoms with E-state index in [1.54, 1.807) is 31.6 Å². The number of anilines is 2. The van der Waals surface area contributed by atoms with Crippen LogP contribution in [0, 0.1) is 5.82 Å². The van der Waals surface area contributed by atoms with Crippen LogP contribution in [0.3, 0.4) is 0 Å². The van der Waals surface area contributed by atoms with Crippen LogP contribution >= 0.6 is 0 Å². The number of nitrogens with one attached hydrogen (secondary N) is 1. The first-order chi connectivity index (χ1) is 19.0. The lowest BCUT2D eigenvalue weighted by atomic mass is 10.1. The molecule has 1 N–H and O–H groups in total. The molecule has 1 aliphatic heterocycles. The summed E-state index contributed by atoms with van der Waals surface area (Å²) < 4.78 is 34.0. The predicted octanol–water partition coefficient (Wildman–Crippen LogP) is 5.48. The molecule has 1 aliphatic rings. The van der Waals surface area contributed by atoms with Crippen molar-refractivity contribution in [3.05, 3.63) is 54.7 Å². The Morgan fingerprint density at radius 1 is 1.13 bits per heavy atom. The predicted molar refractivity (Wildman–Crippen MR) is 149 cm³/mol. The summed E-state index contributed by atoms with van der Waals surface area (Å²) in [6.07, 6.45) is 8.61. The summed E-state index contributed by atoms with van der Waals surface area (Å²) in [4.78, 5) is 11.4. The molecule has 5 rings (SSSR count). The number of nitrogens with zero attached hydrogens (tertiary/aromatic N) is 5. The van der Waals surface area contributed by atoms with Gasteiger partial charge in [-0.2, -0.15) is 5.10 Å². The Labute approximate surface area is 227 Å². The highest BCUT2D eigenvalue weighted by Gasteiger charge is 2.21. The van der Waals surface area contributed by atoms with Gasteiger partial charge in [0.15, 0.2) is 11.6 Å². The highest BCUT2D eigenvalue weighted by atomic mass is 19.1. The Morgan fingerprint density at radius 3 is 2.74 bits per heavy atom. The molecule has 0 aliphatic carbocycles. The lowest BCUT2D eigenvalue weighted by Gasteiger charge is -2.27. The van der Waals surface area contributed by atoms with Crippen molar-refractivity contribution in [2.75, 3.05) is 38.8 Å².